The zero-order chi connectivity index (χ0) is 11.8. The summed E-state index contributed by atoms with van der Waals surface area (Å²) in [7, 11) is 0. The Morgan fingerprint density at radius 2 is 1.87 bits per heavy atom. The first-order valence-electron chi connectivity index (χ1n) is 3.69. The van der Waals surface area contributed by atoms with Crippen molar-refractivity contribution in [3.8, 4) is 0 Å². The van der Waals surface area contributed by atoms with Crippen molar-refractivity contribution in [1.29, 1.82) is 0 Å². The molecule has 0 aliphatic carbocycles. The standard InChI is InChI=1S/C8H6BrF3N2O/c9-5-2-3(13)1-4(8(10,11)12)6(5)7(14)15/h1-2H,13H2,(H2,14,15). The number of carbonyl (C=O) groups excluding carboxylic acids is 1. The van der Waals surface area contributed by atoms with Gasteiger partial charge in [0.25, 0.3) is 0 Å². The van der Waals surface area contributed by atoms with Crippen LogP contribution in [0.4, 0.5) is 18.9 Å². The first kappa shape index (κ1) is 11.8. The monoisotopic (exact) mass is 282 g/mol. The average molecular weight is 283 g/mol. The van der Waals surface area contributed by atoms with Gasteiger partial charge in [0, 0.05) is 10.2 Å². The smallest absolute Gasteiger partial charge is 0.399 e. The summed E-state index contributed by atoms with van der Waals surface area (Å²) in [6, 6.07) is 1.86. The zero-order valence-corrected chi connectivity index (χ0v) is 8.82. The first-order chi connectivity index (χ1) is 6.73. The molecule has 7 heteroatoms. The van der Waals surface area contributed by atoms with E-state index >= 15 is 0 Å². The van der Waals surface area contributed by atoms with E-state index in [0.717, 1.165) is 0 Å². The van der Waals surface area contributed by atoms with E-state index in [1.54, 1.807) is 0 Å². The van der Waals surface area contributed by atoms with Crippen molar-refractivity contribution in [2.45, 2.75) is 6.18 Å². The van der Waals surface area contributed by atoms with Crippen LogP contribution in [-0.4, -0.2) is 5.91 Å². The second-order valence-electron chi connectivity index (χ2n) is 2.79. The molecule has 1 aromatic carbocycles. The Hall–Kier alpha value is -1.24. The Balaban J connectivity index is 3.54. The molecule has 1 rings (SSSR count). The minimum Gasteiger partial charge on any atom is -0.399 e. The maximum Gasteiger partial charge on any atom is 0.417 e. The topological polar surface area (TPSA) is 69.1 Å². The summed E-state index contributed by atoms with van der Waals surface area (Å²) in [5.41, 5.74) is 8.25. The summed E-state index contributed by atoms with van der Waals surface area (Å²) >= 11 is 2.81. The Morgan fingerprint density at radius 1 is 1.33 bits per heavy atom. The van der Waals surface area contributed by atoms with Gasteiger partial charge in [0.05, 0.1) is 11.1 Å². The van der Waals surface area contributed by atoms with Gasteiger partial charge in [-0.25, -0.2) is 0 Å². The minimum absolute atomic E-state index is 0.0673. The number of carbonyl (C=O) groups is 1. The molecule has 0 fully saturated rings. The fraction of sp³-hybridized carbons (Fsp3) is 0.125. The van der Waals surface area contributed by atoms with Gasteiger partial charge in [-0.3, -0.25) is 4.79 Å². The molecule has 0 saturated carbocycles. The third-order valence-corrected chi connectivity index (χ3v) is 2.29. The van der Waals surface area contributed by atoms with E-state index < -0.39 is 23.2 Å². The van der Waals surface area contributed by atoms with Gasteiger partial charge in [0.2, 0.25) is 5.91 Å². The fourth-order valence-electron chi connectivity index (χ4n) is 1.10. The van der Waals surface area contributed by atoms with Crippen molar-refractivity contribution < 1.29 is 18.0 Å². The number of hydrogen-bond donors (Lipinski definition) is 2. The third-order valence-electron chi connectivity index (χ3n) is 1.66. The van der Waals surface area contributed by atoms with Gasteiger partial charge in [0.15, 0.2) is 0 Å². The van der Waals surface area contributed by atoms with Gasteiger partial charge in [-0.15, -0.1) is 0 Å². The molecule has 0 unspecified atom stereocenters. The van der Waals surface area contributed by atoms with Crippen molar-refractivity contribution in [1.82, 2.24) is 0 Å². The van der Waals surface area contributed by atoms with Crippen LogP contribution in [0, 0.1) is 0 Å². The number of nitrogen functional groups attached to an aromatic ring is 1. The molecular weight excluding hydrogens is 277 g/mol. The molecule has 82 valence electrons. The van der Waals surface area contributed by atoms with Crippen LogP contribution in [0.2, 0.25) is 0 Å². The van der Waals surface area contributed by atoms with E-state index in [0.29, 0.717) is 6.07 Å². The number of benzene rings is 1. The molecule has 3 nitrogen and oxygen atoms in total. The van der Waals surface area contributed by atoms with Crippen molar-refractivity contribution in [2.75, 3.05) is 5.73 Å². The van der Waals surface area contributed by atoms with Crippen molar-refractivity contribution in [2.24, 2.45) is 5.73 Å². The molecule has 0 aliphatic heterocycles. The quantitative estimate of drug-likeness (QED) is 0.775. The molecule has 0 aliphatic rings. The van der Waals surface area contributed by atoms with E-state index in [4.69, 9.17) is 11.5 Å². The van der Waals surface area contributed by atoms with Crippen LogP contribution >= 0.6 is 15.9 Å². The normalized spacial score (nSPS) is 11.5. The Kier molecular flexibility index (Phi) is 2.94. The average Bonchev–Trinajstić information content (AvgIpc) is 1.99. The molecule has 4 N–H and O–H groups in total. The van der Waals surface area contributed by atoms with Crippen LogP contribution in [0.3, 0.4) is 0 Å². The van der Waals surface area contributed by atoms with Gasteiger partial charge in [-0.05, 0) is 28.1 Å². The lowest BCUT2D eigenvalue weighted by Crippen LogP contribution is -2.19. The molecule has 0 saturated heterocycles. The third kappa shape index (κ3) is 2.41. The lowest BCUT2D eigenvalue weighted by molar-refractivity contribution is -0.137. The maximum atomic E-state index is 12.5. The Bertz CT molecular complexity index is 417. The Labute approximate surface area is 91.4 Å². The summed E-state index contributed by atoms with van der Waals surface area (Å²) < 4.78 is 37.4. The van der Waals surface area contributed by atoms with Crippen molar-refractivity contribution in [3.05, 3.63) is 27.7 Å². The van der Waals surface area contributed by atoms with Crippen LogP contribution in [0.1, 0.15) is 15.9 Å². The minimum atomic E-state index is -4.66. The van der Waals surface area contributed by atoms with Crippen LogP contribution in [0.25, 0.3) is 0 Å². The second kappa shape index (κ2) is 3.73. The predicted octanol–water partition coefficient (Wildman–Crippen LogP) is 2.15. The number of anilines is 1. The lowest BCUT2D eigenvalue weighted by Gasteiger charge is -2.12. The molecule has 0 radical (unpaired) electrons. The number of hydrogen-bond acceptors (Lipinski definition) is 2. The molecule has 1 aromatic rings. The highest BCUT2D eigenvalue weighted by Crippen LogP contribution is 2.36. The summed E-state index contributed by atoms with van der Waals surface area (Å²) in [4.78, 5) is 10.9. The molecule has 0 spiro atoms. The van der Waals surface area contributed by atoms with Gasteiger partial charge in [-0.2, -0.15) is 13.2 Å². The van der Waals surface area contributed by atoms with Gasteiger partial charge in [0.1, 0.15) is 0 Å². The SMILES string of the molecule is NC(=O)c1c(Br)cc(N)cc1C(F)(F)F. The predicted molar refractivity (Wildman–Crippen MR) is 52.1 cm³/mol. The highest BCUT2D eigenvalue weighted by atomic mass is 79.9. The first-order valence-corrected chi connectivity index (χ1v) is 4.49. The van der Waals surface area contributed by atoms with Crippen LogP contribution in [0.15, 0.2) is 16.6 Å². The maximum absolute atomic E-state index is 12.5. The molecule has 0 heterocycles. The molecular formula is C8H6BrF3N2O. The van der Waals surface area contributed by atoms with Crippen LogP contribution in [0.5, 0.6) is 0 Å². The van der Waals surface area contributed by atoms with E-state index in [1.165, 1.54) is 6.07 Å². The van der Waals surface area contributed by atoms with Gasteiger partial charge < -0.3 is 11.5 Å². The van der Waals surface area contributed by atoms with Gasteiger partial charge >= 0.3 is 6.18 Å². The van der Waals surface area contributed by atoms with E-state index in [-0.39, 0.29) is 10.2 Å². The molecule has 0 bridgehead atoms. The zero-order valence-electron chi connectivity index (χ0n) is 7.23. The Morgan fingerprint density at radius 3 is 2.27 bits per heavy atom. The fourth-order valence-corrected chi connectivity index (χ4v) is 1.77. The van der Waals surface area contributed by atoms with E-state index in [9.17, 15) is 18.0 Å². The van der Waals surface area contributed by atoms with E-state index in [1.807, 2.05) is 0 Å². The summed E-state index contributed by atoms with van der Waals surface area (Å²) in [5, 5.41) is 0. The molecule has 0 atom stereocenters. The van der Waals surface area contributed by atoms with Crippen LogP contribution < -0.4 is 11.5 Å². The number of halogens is 4. The molecule has 1 amide bonds. The number of primary amides is 1. The largest absolute Gasteiger partial charge is 0.417 e. The number of alkyl halides is 3. The van der Waals surface area contributed by atoms with Gasteiger partial charge in [-0.1, -0.05) is 0 Å². The number of rotatable bonds is 1. The lowest BCUT2D eigenvalue weighted by atomic mass is 10.1. The summed E-state index contributed by atoms with van der Waals surface area (Å²) in [6.07, 6.45) is -4.66. The summed E-state index contributed by atoms with van der Waals surface area (Å²) in [6.45, 7) is 0. The highest BCUT2D eigenvalue weighted by molar-refractivity contribution is 9.10. The highest BCUT2D eigenvalue weighted by Gasteiger charge is 2.36. The van der Waals surface area contributed by atoms with Crippen molar-refractivity contribution >= 4 is 27.5 Å². The summed E-state index contributed by atoms with van der Waals surface area (Å²) in [5.74, 6) is -1.16. The number of amides is 1. The number of nitrogens with two attached hydrogens (primary N) is 2. The van der Waals surface area contributed by atoms with E-state index in [2.05, 4.69) is 15.9 Å². The van der Waals surface area contributed by atoms with Crippen molar-refractivity contribution in [3.63, 3.8) is 0 Å². The van der Waals surface area contributed by atoms with Crippen LogP contribution in [-0.2, 0) is 6.18 Å². The molecule has 0 aromatic heterocycles. The second-order valence-corrected chi connectivity index (χ2v) is 3.64. The molecule has 15 heavy (non-hydrogen) atoms.